The minimum Gasteiger partial charge on any atom is -0.206 e. The molecule has 4 heteroatoms. The molecule has 0 spiro atoms. The molecule has 1 unspecified atom stereocenters. The molecule has 0 saturated heterocycles. The first-order valence-corrected chi connectivity index (χ1v) is 10.2. The molecule has 0 N–H and O–H groups in total. The summed E-state index contributed by atoms with van der Waals surface area (Å²) in [4.78, 5) is 0. The molecule has 0 nitrogen and oxygen atoms in total. The first-order valence-electron chi connectivity index (χ1n) is 10.2. The van der Waals surface area contributed by atoms with Crippen LogP contribution in [0.1, 0.15) is 36.5 Å². The van der Waals surface area contributed by atoms with Gasteiger partial charge in [-0.15, -0.1) is 0 Å². The maximum atomic E-state index is 14.5. The van der Waals surface area contributed by atoms with Gasteiger partial charge < -0.3 is 0 Å². The van der Waals surface area contributed by atoms with Gasteiger partial charge in [0.1, 0.15) is 5.82 Å². The fraction of sp³-hybridized carbons (Fsp3) is 0.231. The third-order valence-electron chi connectivity index (χ3n) is 6.39. The molecule has 0 heterocycles. The number of hydrogen-bond donors (Lipinski definition) is 0. The minimum absolute atomic E-state index is 0.0220. The fourth-order valence-electron chi connectivity index (χ4n) is 4.80. The molecule has 0 aromatic heterocycles. The largest absolute Gasteiger partial charge is 0.416 e. The van der Waals surface area contributed by atoms with Gasteiger partial charge >= 0.3 is 6.18 Å². The molecule has 1 atom stereocenters. The van der Waals surface area contributed by atoms with E-state index in [9.17, 15) is 17.6 Å². The van der Waals surface area contributed by atoms with E-state index < -0.39 is 17.6 Å². The van der Waals surface area contributed by atoms with E-state index in [2.05, 4.69) is 25.1 Å². The van der Waals surface area contributed by atoms with Crippen molar-refractivity contribution in [2.24, 2.45) is 5.92 Å². The number of allylic oxidation sites excluding steroid dienone is 4. The number of hydrogen-bond acceptors (Lipinski definition) is 0. The summed E-state index contributed by atoms with van der Waals surface area (Å²) in [6, 6.07) is 12.2. The molecular weight excluding hydrogens is 388 g/mol. The zero-order valence-electron chi connectivity index (χ0n) is 16.5. The Kier molecular flexibility index (Phi) is 4.35. The molecule has 152 valence electrons. The Morgan fingerprint density at radius 2 is 1.70 bits per heavy atom. The molecule has 2 aliphatic carbocycles. The zero-order valence-corrected chi connectivity index (χ0v) is 16.5. The molecular formula is C26H20F4. The monoisotopic (exact) mass is 408 g/mol. The smallest absolute Gasteiger partial charge is 0.206 e. The van der Waals surface area contributed by atoms with E-state index in [1.807, 2.05) is 18.2 Å². The van der Waals surface area contributed by atoms with Crippen molar-refractivity contribution in [1.29, 1.82) is 0 Å². The van der Waals surface area contributed by atoms with E-state index in [4.69, 9.17) is 0 Å². The van der Waals surface area contributed by atoms with Crippen molar-refractivity contribution < 1.29 is 17.6 Å². The molecule has 0 saturated carbocycles. The summed E-state index contributed by atoms with van der Waals surface area (Å²) in [5.74, 6) is -0.124. The number of aryl methyl sites for hydroxylation is 1. The molecule has 3 aromatic carbocycles. The van der Waals surface area contributed by atoms with Crippen LogP contribution in [-0.4, -0.2) is 0 Å². The van der Waals surface area contributed by atoms with Crippen molar-refractivity contribution in [3.63, 3.8) is 0 Å². The lowest BCUT2D eigenvalue weighted by Crippen LogP contribution is -2.12. The van der Waals surface area contributed by atoms with Crippen molar-refractivity contribution in [1.82, 2.24) is 0 Å². The number of fused-ring (bicyclic) bond motifs is 4. The third kappa shape index (κ3) is 3.06. The zero-order chi connectivity index (χ0) is 21.0. The second-order valence-corrected chi connectivity index (χ2v) is 8.20. The summed E-state index contributed by atoms with van der Waals surface area (Å²) in [6.45, 7) is 2.25. The first-order chi connectivity index (χ1) is 14.3. The average Bonchev–Trinajstić information content (AvgIpc) is 2.72. The molecule has 5 rings (SSSR count). The van der Waals surface area contributed by atoms with E-state index in [1.165, 1.54) is 22.3 Å². The molecule has 2 aliphatic rings. The lowest BCUT2D eigenvalue weighted by Gasteiger charge is -2.29. The Morgan fingerprint density at radius 3 is 2.50 bits per heavy atom. The molecule has 0 amide bonds. The van der Waals surface area contributed by atoms with Gasteiger partial charge in [-0.25, -0.2) is 4.39 Å². The van der Waals surface area contributed by atoms with E-state index in [0.29, 0.717) is 11.5 Å². The predicted molar refractivity (Wildman–Crippen MR) is 113 cm³/mol. The average molecular weight is 408 g/mol. The fourth-order valence-corrected chi connectivity index (χ4v) is 4.80. The van der Waals surface area contributed by atoms with Gasteiger partial charge in [-0.2, -0.15) is 13.2 Å². The maximum absolute atomic E-state index is 14.5. The molecule has 0 aliphatic heterocycles. The predicted octanol–water partition coefficient (Wildman–Crippen LogP) is 7.96. The highest BCUT2D eigenvalue weighted by molar-refractivity contribution is 5.96. The highest BCUT2D eigenvalue weighted by Gasteiger charge is 2.31. The van der Waals surface area contributed by atoms with E-state index in [0.717, 1.165) is 48.2 Å². The van der Waals surface area contributed by atoms with Crippen LogP contribution in [0.5, 0.6) is 0 Å². The highest BCUT2D eigenvalue weighted by Crippen LogP contribution is 2.43. The molecule has 3 aromatic rings. The van der Waals surface area contributed by atoms with Crippen LogP contribution in [0.2, 0.25) is 0 Å². The molecule has 0 bridgehead atoms. The van der Waals surface area contributed by atoms with Crippen LogP contribution in [0, 0.1) is 11.7 Å². The SMILES string of the molecule is CC1CC=CC2=C1CCc1c2ccc2ccc(-c3cc(C(F)(F)F)ccc3F)cc12. The Balaban J connectivity index is 1.69. The Bertz CT molecular complexity index is 1230. The van der Waals surface area contributed by atoms with Crippen molar-refractivity contribution in [3.05, 3.63) is 88.8 Å². The summed E-state index contributed by atoms with van der Waals surface area (Å²) >= 11 is 0. The Morgan fingerprint density at radius 1 is 0.900 bits per heavy atom. The van der Waals surface area contributed by atoms with Crippen molar-refractivity contribution in [2.45, 2.75) is 32.4 Å². The summed E-state index contributed by atoms with van der Waals surface area (Å²) < 4.78 is 53.9. The second-order valence-electron chi connectivity index (χ2n) is 8.20. The van der Waals surface area contributed by atoms with E-state index in [1.54, 1.807) is 6.07 Å². The second kappa shape index (κ2) is 6.83. The topological polar surface area (TPSA) is 0 Å². The summed E-state index contributed by atoms with van der Waals surface area (Å²) in [5, 5.41) is 2.00. The van der Waals surface area contributed by atoms with Crippen LogP contribution >= 0.6 is 0 Å². The van der Waals surface area contributed by atoms with E-state index in [-0.39, 0.29) is 5.56 Å². The minimum atomic E-state index is -4.51. The van der Waals surface area contributed by atoms with Gasteiger partial charge in [0.15, 0.2) is 0 Å². The normalized spacial score (nSPS) is 18.5. The Labute approximate surface area is 172 Å². The van der Waals surface area contributed by atoms with Gasteiger partial charge in [-0.3, -0.25) is 0 Å². The number of rotatable bonds is 1. The lowest BCUT2D eigenvalue weighted by molar-refractivity contribution is -0.137. The van der Waals surface area contributed by atoms with Gasteiger partial charge in [0.25, 0.3) is 0 Å². The maximum Gasteiger partial charge on any atom is 0.416 e. The molecule has 30 heavy (non-hydrogen) atoms. The van der Waals surface area contributed by atoms with Crippen molar-refractivity contribution in [2.75, 3.05) is 0 Å². The summed E-state index contributed by atoms with van der Waals surface area (Å²) in [5.41, 5.74) is 4.73. The van der Waals surface area contributed by atoms with Crippen LogP contribution in [0.15, 0.2) is 66.3 Å². The van der Waals surface area contributed by atoms with Crippen LogP contribution in [0.25, 0.3) is 27.5 Å². The first kappa shape index (κ1) is 19.1. The molecule has 0 radical (unpaired) electrons. The van der Waals surface area contributed by atoms with E-state index >= 15 is 0 Å². The van der Waals surface area contributed by atoms with Crippen molar-refractivity contribution >= 4 is 16.3 Å². The van der Waals surface area contributed by atoms with Gasteiger partial charge in [0.05, 0.1) is 5.56 Å². The van der Waals surface area contributed by atoms with Crippen LogP contribution < -0.4 is 0 Å². The quantitative estimate of drug-likeness (QED) is 0.358. The number of alkyl halides is 3. The van der Waals surface area contributed by atoms with Crippen LogP contribution in [0.3, 0.4) is 0 Å². The summed E-state index contributed by atoms with van der Waals surface area (Å²) in [7, 11) is 0. The van der Waals surface area contributed by atoms with Gasteiger partial charge in [-0.1, -0.05) is 48.9 Å². The van der Waals surface area contributed by atoms with Crippen molar-refractivity contribution in [3.8, 4) is 11.1 Å². The third-order valence-corrected chi connectivity index (χ3v) is 6.39. The number of halogens is 4. The summed E-state index contributed by atoms with van der Waals surface area (Å²) in [6.07, 6.45) is 2.81. The van der Waals surface area contributed by atoms with Gasteiger partial charge in [0.2, 0.25) is 0 Å². The molecule has 0 fully saturated rings. The highest BCUT2D eigenvalue weighted by atomic mass is 19.4. The van der Waals surface area contributed by atoms with Crippen LogP contribution in [0.4, 0.5) is 17.6 Å². The lowest BCUT2D eigenvalue weighted by atomic mass is 9.75. The van der Waals surface area contributed by atoms with Gasteiger partial charge in [-0.05, 0) is 82.5 Å². The number of benzene rings is 3. The Hall–Kier alpha value is -2.88. The van der Waals surface area contributed by atoms with Crippen LogP contribution in [-0.2, 0) is 12.6 Å². The van der Waals surface area contributed by atoms with Gasteiger partial charge in [0, 0.05) is 5.56 Å². The standard InChI is InChI=1S/C26H20F4/c1-15-3-2-4-20-19(15)10-11-22-21(20)9-7-16-5-6-17(13-23(16)22)24-14-18(26(28,29)30)8-12-25(24)27/h2,4-9,12-15H,3,10-11H2,1H3.